The molecule has 23 heavy (non-hydrogen) atoms. The molecule has 8 heteroatoms. The van der Waals surface area contributed by atoms with Gasteiger partial charge < -0.3 is 29.5 Å². The number of methoxy groups -OCH3 is 3. The number of allylic oxidation sites excluding steroid dienone is 2. The number of aliphatic hydroxyl groups is 1. The number of hydrogen-bond acceptors (Lipinski definition) is 8. The second kappa shape index (κ2) is 5.81. The minimum Gasteiger partial charge on any atom is -0.507 e. The molecule has 1 aliphatic carbocycles. The highest BCUT2D eigenvalue weighted by molar-refractivity contribution is 6.28. The summed E-state index contributed by atoms with van der Waals surface area (Å²) in [4.78, 5) is 25.0. The minimum atomic E-state index is -1.26. The van der Waals surface area contributed by atoms with Gasteiger partial charge in [-0.15, -0.1) is 0 Å². The minimum absolute atomic E-state index is 0.207. The van der Waals surface area contributed by atoms with Gasteiger partial charge in [0.25, 0.3) is 0 Å². The number of benzene rings is 1. The van der Waals surface area contributed by atoms with Gasteiger partial charge in [0, 0.05) is 0 Å². The van der Waals surface area contributed by atoms with E-state index in [0.717, 1.165) is 0 Å². The second-order valence-corrected chi connectivity index (χ2v) is 4.79. The van der Waals surface area contributed by atoms with E-state index in [2.05, 4.69) is 0 Å². The number of phenolic OH excluding ortho intramolecular Hbond substituents is 2. The van der Waals surface area contributed by atoms with E-state index in [4.69, 9.17) is 14.2 Å². The Morgan fingerprint density at radius 1 is 0.826 bits per heavy atom. The molecular weight excluding hydrogens is 308 g/mol. The number of aliphatic hydroxyl groups excluding tert-OH is 1. The first-order valence-corrected chi connectivity index (χ1v) is 6.57. The molecule has 1 aliphatic rings. The van der Waals surface area contributed by atoms with Crippen LogP contribution >= 0.6 is 0 Å². The fourth-order valence-electron chi connectivity index (χ4n) is 2.56. The first-order chi connectivity index (χ1) is 10.8. The molecule has 0 aromatic heterocycles. The summed E-state index contributed by atoms with van der Waals surface area (Å²) in [5.41, 5.74) is -1.14. The highest BCUT2D eigenvalue weighted by atomic mass is 16.5. The van der Waals surface area contributed by atoms with Gasteiger partial charge in [0.15, 0.2) is 11.5 Å². The molecular formula is C15H16O8. The van der Waals surface area contributed by atoms with Gasteiger partial charge in [0.05, 0.1) is 44.1 Å². The molecule has 0 saturated heterocycles. The summed E-state index contributed by atoms with van der Waals surface area (Å²) in [5.74, 6) is -4.12. The van der Waals surface area contributed by atoms with Crippen molar-refractivity contribution < 1.29 is 39.1 Å². The molecule has 8 nitrogen and oxygen atoms in total. The molecule has 1 aromatic carbocycles. The van der Waals surface area contributed by atoms with E-state index in [1.807, 2.05) is 0 Å². The Hall–Kier alpha value is -2.74. The molecule has 0 spiro atoms. The first kappa shape index (κ1) is 16.6. The van der Waals surface area contributed by atoms with Crippen LogP contribution in [0.2, 0.25) is 0 Å². The predicted molar refractivity (Wildman–Crippen MR) is 76.7 cm³/mol. The normalized spacial score (nSPS) is 15.3. The number of carbonyl (C=O) groups is 2. The first-order valence-electron chi connectivity index (χ1n) is 6.57. The summed E-state index contributed by atoms with van der Waals surface area (Å²) in [6, 6.07) is 0. The largest absolute Gasteiger partial charge is 0.507 e. The molecule has 0 fully saturated rings. The Morgan fingerprint density at radius 2 is 1.26 bits per heavy atom. The number of aromatic hydroxyl groups is 2. The van der Waals surface area contributed by atoms with Crippen LogP contribution in [0.15, 0.2) is 11.5 Å². The number of Topliss-reactive ketones (excluding diaryl/α,β-unsaturated/α-hetero) is 2. The molecule has 1 aromatic rings. The third-order valence-electron chi connectivity index (χ3n) is 3.54. The SMILES string of the molecule is COC1=C(OC)C(=O)c2c(O)c([C@H](C)O)c(OC)c(O)c2C1=O. The van der Waals surface area contributed by atoms with Gasteiger partial charge in [0.2, 0.25) is 23.1 Å². The maximum absolute atomic E-state index is 12.5. The smallest absolute Gasteiger partial charge is 0.236 e. The van der Waals surface area contributed by atoms with Crippen molar-refractivity contribution in [1.29, 1.82) is 0 Å². The molecule has 0 amide bonds. The van der Waals surface area contributed by atoms with Crippen LogP contribution in [-0.4, -0.2) is 48.2 Å². The zero-order chi connectivity index (χ0) is 17.5. The van der Waals surface area contributed by atoms with Crippen LogP contribution < -0.4 is 4.74 Å². The molecule has 0 saturated carbocycles. The van der Waals surface area contributed by atoms with E-state index < -0.39 is 51.8 Å². The van der Waals surface area contributed by atoms with Gasteiger partial charge in [-0.2, -0.15) is 0 Å². The topological polar surface area (TPSA) is 123 Å². The van der Waals surface area contributed by atoms with E-state index >= 15 is 0 Å². The van der Waals surface area contributed by atoms with Crippen LogP contribution in [0.1, 0.15) is 39.3 Å². The average Bonchev–Trinajstić information content (AvgIpc) is 2.51. The summed E-state index contributed by atoms with van der Waals surface area (Å²) in [6.45, 7) is 1.31. The lowest BCUT2D eigenvalue weighted by Gasteiger charge is -2.24. The summed E-state index contributed by atoms with van der Waals surface area (Å²) in [5, 5.41) is 30.5. The zero-order valence-corrected chi connectivity index (χ0v) is 13.0. The van der Waals surface area contributed by atoms with Crippen molar-refractivity contribution in [2.24, 2.45) is 0 Å². The molecule has 2 rings (SSSR count). The van der Waals surface area contributed by atoms with Crippen LogP contribution in [-0.2, 0) is 9.47 Å². The van der Waals surface area contributed by atoms with Gasteiger partial charge >= 0.3 is 0 Å². The van der Waals surface area contributed by atoms with Gasteiger partial charge in [-0.1, -0.05) is 0 Å². The Kier molecular flexibility index (Phi) is 4.20. The van der Waals surface area contributed by atoms with Crippen LogP contribution in [0, 0.1) is 0 Å². The lowest BCUT2D eigenvalue weighted by atomic mass is 9.87. The van der Waals surface area contributed by atoms with Crippen LogP contribution in [0.4, 0.5) is 0 Å². The molecule has 0 aliphatic heterocycles. The Bertz CT molecular complexity index is 730. The molecule has 1 atom stereocenters. The van der Waals surface area contributed by atoms with E-state index in [1.54, 1.807) is 0 Å². The van der Waals surface area contributed by atoms with Crippen molar-refractivity contribution in [2.45, 2.75) is 13.0 Å². The molecule has 124 valence electrons. The lowest BCUT2D eigenvalue weighted by molar-refractivity contribution is 0.0822. The molecule has 0 radical (unpaired) electrons. The third kappa shape index (κ3) is 2.18. The van der Waals surface area contributed by atoms with Gasteiger partial charge in [-0.3, -0.25) is 9.59 Å². The van der Waals surface area contributed by atoms with Crippen molar-refractivity contribution in [3.8, 4) is 17.2 Å². The number of carbonyl (C=O) groups excluding carboxylic acids is 2. The van der Waals surface area contributed by atoms with Crippen LogP contribution in [0.3, 0.4) is 0 Å². The fraction of sp³-hybridized carbons (Fsp3) is 0.333. The summed E-state index contributed by atoms with van der Waals surface area (Å²) >= 11 is 0. The summed E-state index contributed by atoms with van der Waals surface area (Å²) in [7, 11) is 3.53. The second-order valence-electron chi connectivity index (χ2n) is 4.79. The van der Waals surface area contributed by atoms with E-state index in [9.17, 15) is 24.9 Å². The molecule has 0 unspecified atom stereocenters. The third-order valence-corrected chi connectivity index (χ3v) is 3.54. The Labute approximate surface area is 131 Å². The number of ether oxygens (including phenoxy) is 3. The molecule has 0 heterocycles. The Morgan fingerprint density at radius 3 is 1.61 bits per heavy atom. The summed E-state index contributed by atoms with van der Waals surface area (Å²) < 4.78 is 14.7. The number of fused-ring (bicyclic) bond motifs is 1. The average molecular weight is 324 g/mol. The number of hydrogen-bond donors (Lipinski definition) is 3. The molecule has 3 N–H and O–H groups in total. The van der Waals surface area contributed by atoms with Crippen molar-refractivity contribution >= 4 is 11.6 Å². The van der Waals surface area contributed by atoms with E-state index in [1.165, 1.54) is 28.3 Å². The van der Waals surface area contributed by atoms with E-state index in [-0.39, 0.29) is 11.3 Å². The lowest BCUT2D eigenvalue weighted by Crippen LogP contribution is -2.25. The maximum Gasteiger partial charge on any atom is 0.236 e. The van der Waals surface area contributed by atoms with Crippen LogP contribution in [0.5, 0.6) is 17.2 Å². The van der Waals surface area contributed by atoms with Gasteiger partial charge in [-0.25, -0.2) is 0 Å². The van der Waals surface area contributed by atoms with Gasteiger partial charge in [-0.05, 0) is 6.92 Å². The van der Waals surface area contributed by atoms with E-state index in [0.29, 0.717) is 0 Å². The highest BCUT2D eigenvalue weighted by Crippen LogP contribution is 2.48. The maximum atomic E-state index is 12.5. The van der Waals surface area contributed by atoms with Crippen molar-refractivity contribution in [3.63, 3.8) is 0 Å². The number of ketones is 2. The Balaban J connectivity index is 2.94. The van der Waals surface area contributed by atoms with Crippen molar-refractivity contribution in [1.82, 2.24) is 0 Å². The van der Waals surface area contributed by atoms with Crippen molar-refractivity contribution in [2.75, 3.05) is 21.3 Å². The van der Waals surface area contributed by atoms with Crippen molar-refractivity contribution in [3.05, 3.63) is 28.2 Å². The van der Waals surface area contributed by atoms with Crippen LogP contribution in [0.25, 0.3) is 0 Å². The molecule has 0 bridgehead atoms. The zero-order valence-electron chi connectivity index (χ0n) is 13.0. The number of phenols is 2. The standard InChI is InChI=1S/C15H16O8/c1-5(16)6-9(17)7-8(10(18)13(6)21-2)12(20)15(23-4)14(22-3)11(7)19/h5,16-18H,1-4H3/t5-/m0/s1. The summed E-state index contributed by atoms with van der Waals surface area (Å²) in [6.07, 6.45) is -1.26. The highest BCUT2D eigenvalue weighted by Gasteiger charge is 2.42. The quantitative estimate of drug-likeness (QED) is 0.702. The monoisotopic (exact) mass is 324 g/mol. The number of rotatable bonds is 4. The van der Waals surface area contributed by atoms with Gasteiger partial charge in [0.1, 0.15) is 5.75 Å². The fourth-order valence-corrected chi connectivity index (χ4v) is 2.56. The predicted octanol–water partition coefficient (Wildman–Crippen LogP) is 1.04.